The number of rotatable bonds is 7. The molecule has 3 atom stereocenters. The van der Waals surface area contributed by atoms with Gasteiger partial charge in [-0.15, -0.1) is 0 Å². The van der Waals surface area contributed by atoms with Crippen LogP contribution in [0.4, 0.5) is 0 Å². The second-order valence-electron chi connectivity index (χ2n) is 4.13. The molecule has 0 saturated heterocycles. The molecule has 0 heterocycles. The summed E-state index contributed by atoms with van der Waals surface area (Å²) in [4.78, 5) is 19.5. The van der Waals surface area contributed by atoms with E-state index in [9.17, 15) is 13.8 Å². The van der Waals surface area contributed by atoms with Gasteiger partial charge < -0.3 is 26.2 Å². The predicted octanol–water partition coefficient (Wildman–Crippen LogP) is -1.23. The van der Waals surface area contributed by atoms with Crippen LogP contribution in [0.25, 0.3) is 0 Å². The van der Waals surface area contributed by atoms with Gasteiger partial charge in [-0.3, -0.25) is 4.21 Å². The topological polar surface area (TPSA) is 158 Å². The quantitative estimate of drug-likeness (QED) is 0.415. The van der Waals surface area contributed by atoms with Crippen LogP contribution < -0.4 is 5.73 Å². The van der Waals surface area contributed by atoms with Crippen LogP contribution in [-0.2, 0) is 26.1 Å². The summed E-state index contributed by atoms with van der Waals surface area (Å²) >= 11 is 0. The predicted molar refractivity (Wildman–Crippen MR) is 79.5 cm³/mol. The molecule has 124 valence electrons. The smallest absolute Gasteiger partial charge is 0.335 e. The normalized spacial score (nSPS) is 14.1. The Bertz CT molecular complexity index is 476. The highest BCUT2D eigenvalue weighted by molar-refractivity contribution is 7.84. The van der Waals surface area contributed by atoms with Crippen molar-refractivity contribution >= 4 is 22.7 Å². The average Bonchev–Trinajstić information content (AvgIpc) is 2.47. The van der Waals surface area contributed by atoms with Crippen molar-refractivity contribution in [3.05, 3.63) is 35.9 Å². The fourth-order valence-electron chi connectivity index (χ4n) is 1.23. The van der Waals surface area contributed by atoms with E-state index in [1.54, 1.807) is 0 Å². The molecule has 0 aliphatic heterocycles. The van der Waals surface area contributed by atoms with E-state index < -0.39 is 34.9 Å². The summed E-state index contributed by atoms with van der Waals surface area (Å²) in [5, 5.41) is 32.5. The summed E-state index contributed by atoms with van der Waals surface area (Å²) in [6.45, 7) is 0.499. The third-order valence-corrected chi connectivity index (χ3v) is 3.67. The Hall–Kier alpha value is -1.81. The number of carboxylic acid groups (broad SMARTS) is 2. The van der Waals surface area contributed by atoms with E-state index >= 15 is 0 Å². The minimum absolute atomic E-state index is 0.499. The van der Waals surface area contributed by atoms with Crippen LogP contribution in [0.5, 0.6) is 0 Å². The van der Waals surface area contributed by atoms with Gasteiger partial charge in [0.15, 0.2) is 12.2 Å². The number of aliphatic hydroxyl groups is 2. The lowest BCUT2D eigenvalue weighted by molar-refractivity contribution is -0.165. The third-order valence-electron chi connectivity index (χ3n) is 2.32. The molecule has 0 amide bonds. The Morgan fingerprint density at radius 1 is 1.05 bits per heavy atom. The minimum Gasteiger partial charge on any atom is -0.479 e. The molecule has 8 nitrogen and oxygen atoms in total. The Morgan fingerprint density at radius 3 is 1.86 bits per heavy atom. The van der Waals surface area contributed by atoms with Crippen molar-refractivity contribution in [1.29, 1.82) is 0 Å². The van der Waals surface area contributed by atoms with Gasteiger partial charge in [0.1, 0.15) is 0 Å². The van der Waals surface area contributed by atoms with E-state index in [4.69, 9.17) is 26.2 Å². The molecule has 0 bridgehead atoms. The molecule has 9 heteroatoms. The maximum Gasteiger partial charge on any atom is 0.335 e. The van der Waals surface area contributed by atoms with E-state index in [1.165, 1.54) is 0 Å². The van der Waals surface area contributed by atoms with E-state index in [2.05, 4.69) is 0 Å². The van der Waals surface area contributed by atoms with Crippen molar-refractivity contribution in [1.82, 2.24) is 0 Å². The van der Waals surface area contributed by atoms with Crippen molar-refractivity contribution in [3.63, 3.8) is 0 Å². The third kappa shape index (κ3) is 8.47. The zero-order valence-corrected chi connectivity index (χ0v) is 12.5. The summed E-state index contributed by atoms with van der Waals surface area (Å²) < 4.78 is 11.2. The fraction of sp³-hybridized carbons (Fsp3) is 0.385. The first-order valence-corrected chi connectivity index (χ1v) is 7.69. The van der Waals surface area contributed by atoms with E-state index in [1.807, 2.05) is 30.3 Å². The largest absolute Gasteiger partial charge is 0.479 e. The second kappa shape index (κ2) is 10.9. The van der Waals surface area contributed by atoms with Gasteiger partial charge in [0.2, 0.25) is 0 Å². The zero-order chi connectivity index (χ0) is 17.1. The molecule has 0 radical (unpaired) electrons. The number of carbonyl (C=O) groups is 2. The van der Waals surface area contributed by atoms with Crippen LogP contribution in [0.3, 0.4) is 0 Å². The van der Waals surface area contributed by atoms with E-state index in [-0.39, 0.29) is 0 Å². The number of carboxylic acids is 2. The van der Waals surface area contributed by atoms with Crippen LogP contribution in [0.15, 0.2) is 30.3 Å². The van der Waals surface area contributed by atoms with Gasteiger partial charge in [-0.1, -0.05) is 30.3 Å². The zero-order valence-electron chi connectivity index (χ0n) is 11.7. The van der Waals surface area contributed by atoms with Gasteiger partial charge in [-0.05, 0) is 5.56 Å². The standard InChI is InChI=1S/C9H13NOS.C4H6O6/c10-6-7-12(11)8-9-4-2-1-3-5-9;5-1(3(7)8)2(6)4(9)10/h1-5H,6-8,10H2;1-2,5-6H,(H,7,8)(H,9,10). The molecule has 0 aromatic heterocycles. The monoisotopic (exact) mass is 333 g/mol. The van der Waals surface area contributed by atoms with Crippen molar-refractivity contribution in [2.75, 3.05) is 12.3 Å². The molecule has 0 fully saturated rings. The minimum atomic E-state index is -2.27. The number of aliphatic hydroxyl groups excluding tert-OH is 2. The molecule has 0 aliphatic rings. The first-order chi connectivity index (χ1) is 10.3. The summed E-state index contributed by atoms with van der Waals surface area (Å²) in [6.07, 6.45) is -4.53. The summed E-state index contributed by atoms with van der Waals surface area (Å²) in [6, 6.07) is 9.82. The molecule has 0 saturated carbocycles. The van der Waals surface area contributed by atoms with Crippen LogP contribution >= 0.6 is 0 Å². The fourth-order valence-corrected chi connectivity index (χ4v) is 2.21. The molecule has 1 rings (SSSR count). The van der Waals surface area contributed by atoms with Crippen LogP contribution in [0, 0.1) is 0 Å². The molecule has 1 aromatic rings. The first-order valence-electron chi connectivity index (χ1n) is 6.20. The average molecular weight is 333 g/mol. The number of hydrogen-bond donors (Lipinski definition) is 5. The highest BCUT2D eigenvalue weighted by Gasteiger charge is 2.29. The number of hydrogen-bond acceptors (Lipinski definition) is 6. The molecular weight excluding hydrogens is 314 g/mol. The Morgan fingerprint density at radius 2 is 1.50 bits per heavy atom. The second-order valence-corrected chi connectivity index (χ2v) is 5.71. The molecule has 0 aliphatic carbocycles. The van der Waals surface area contributed by atoms with Crippen molar-refractivity contribution < 1.29 is 34.2 Å². The Balaban J connectivity index is 0.000000409. The molecule has 3 unspecified atom stereocenters. The van der Waals surface area contributed by atoms with Gasteiger partial charge in [0.05, 0.1) is 0 Å². The maximum atomic E-state index is 11.2. The Kier molecular flexibility index (Phi) is 9.96. The molecule has 22 heavy (non-hydrogen) atoms. The Labute approximate surface area is 129 Å². The number of aliphatic carboxylic acids is 2. The van der Waals surface area contributed by atoms with Crippen molar-refractivity contribution in [2.45, 2.75) is 18.0 Å². The van der Waals surface area contributed by atoms with Crippen molar-refractivity contribution in [2.24, 2.45) is 5.73 Å². The van der Waals surface area contributed by atoms with E-state index in [0.29, 0.717) is 18.1 Å². The van der Waals surface area contributed by atoms with Gasteiger partial charge in [0, 0.05) is 28.9 Å². The lowest BCUT2D eigenvalue weighted by Crippen LogP contribution is -2.39. The van der Waals surface area contributed by atoms with Crippen molar-refractivity contribution in [3.8, 4) is 0 Å². The van der Waals surface area contributed by atoms with Crippen LogP contribution in [-0.4, -0.2) is 61.1 Å². The highest BCUT2D eigenvalue weighted by Crippen LogP contribution is 2.02. The summed E-state index contributed by atoms with van der Waals surface area (Å²) in [5.74, 6) is -2.32. The summed E-state index contributed by atoms with van der Waals surface area (Å²) in [5.41, 5.74) is 6.41. The summed E-state index contributed by atoms with van der Waals surface area (Å²) in [7, 11) is -0.796. The van der Waals surface area contributed by atoms with Crippen LogP contribution in [0.1, 0.15) is 5.56 Å². The SMILES string of the molecule is NCCS(=O)Cc1ccccc1.O=C(O)C(O)C(O)C(=O)O. The van der Waals surface area contributed by atoms with Gasteiger partial charge in [-0.25, -0.2) is 9.59 Å². The first kappa shape index (κ1) is 20.2. The molecular formula is C13H19NO7S. The highest BCUT2D eigenvalue weighted by atomic mass is 32.2. The lowest BCUT2D eigenvalue weighted by atomic mass is 10.2. The van der Waals surface area contributed by atoms with Crippen LogP contribution in [0.2, 0.25) is 0 Å². The van der Waals surface area contributed by atoms with Gasteiger partial charge in [-0.2, -0.15) is 0 Å². The lowest BCUT2D eigenvalue weighted by Gasteiger charge is -2.07. The number of benzene rings is 1. The molecule has 1 aromatic carbocycles. The van der Waals surface area contributed by atoms with Gasteiger partial charge >= 0.3 is 11.9 Å². The van der Waals surface area contributed by atoms with Gasteiger partial charge in [0.25, 0.3) is 0 Å². The van der Waals surface area contributed by atoms with E-state index in [0.717, 1.165) is 5.56 Å². The molecule has 0 spiro atoms. The molecule has 6 N–H and O–H groups in total. The number of nitrogens with two attached hydrogens (primary N) is 1. The maximum absolute atomic E-state index is 11.2.